The summed E-state index contributed by atoms with van der Waals surface area (Å²) in [4.78, 5) is 0. The van der Waals surface area contributed by atoms with E-state index in [0.29, 0.717) is 22.5 Å². The minimum Gasteiger partial charge on any atom is -0.542 e. The first-order valence-corrected chi connectivity index (χ1v) is 12.4. The molecule has 1 aromatic carbocycles. The van der Waals surface area contributed by atoms with Crippen molar-refractivity contribution in [2.24, 2.45) is 5.92 Å². The van der Waals surface area contributed by atoms with Crippen molar-refractivity contribution < 1.29 is 4.43 Å². The monoisotopic (exact) mass is 358 g/mol. The van der Waals surface area contributed by atoms with Crippen LogP contribution in [0.3, 0.4) is 0 Å². The van der Waals surface area contributed by atoms with Gasteiger partial charge in [-0.3, -0.25) is 0 Å². The van der Waals surface area contributed by atoms with Crippen molar-refractivity contribution in [2.75, 3.05) is 0 Å². The molecule has 0 radical (unpaired) electrons. The minimum absolute atomic E-state index is 0.605. The van der Waals surface area contributed by atoms with Gasteiger partial charge in [0.15, 0.2) is 0 Å². The second-order valence-corrected chi connectivity index (χ2v) is 14.2. The molecule has 0 saturated heterocycles. The molecular weight excluding hydrogens is 320 g/mol. The normalized spacial score (nSPS) is 17.9. The highest BCUT2D eigenvalue weighted by molar-refractivity contribution is 6.78. The number of aryl methyl sites for hydroxylation is 1. The Balaban J connectivity index is 2.51. The van der Waals surface area contributed by atoms with Crippen molar-refractivity contribution in [3.63, 3.8) is 0 Å². The highest BCUT2D eigenvalue weighted by atomic mass is 28.4. The van der Waals surface area contributed by atoms with E-state index in [1.54, 1.807) is 0 Å². The van der Waals surface area contributed by atoms with Crippen LogP contribution in [-0.2, 0) is 10.8 Å². The average molecular weight is 359 g/mol. The van der Waals surface area contributed by atoms with Gasteiger partial charge in [-0.15, -0.1) is 0 Å². The topological polar surface area (TPSA) is 9.23 Å². The van der Waals surface area contributed by atoms with Gasteiger partial charge in [0.1, 0.15) is 5.76 Å². The van der Waals surface area contributed by atoms with Gasteiger partial charge < -0.3 is 4.43 Å². The summed E-state index contributed by atoms with van der Waals surface area (Å²) in [6.45, 7) is 18.7. The molecule has 0 bridgehead atoms. The molecule has 0 saturated carbocycles. The largest absolute Gasteiger partial charge is 0.542 e. The van der Waals surface area contributed by atoms with Crippen LogP contribution in [0.15, 0.2) is 24.3 Å². The van der Waals surface area contributed by atoms with E-state index in [9.17, 15) is 0 Å². The lowest BCUT2D eigenvalue weighted by Gasteiger charge is -2.44. The molecule has 0 spiro atoms. The summed E-state index contributed by atoms with van der Waals surface area (Å²) in [6.07, 6.45) is 6.10. The van der Waals surface area contributed by atoms with Crippen LogP contribution in [-0.4, -0.2) is 8.32 Å². The van der Waals surface area contributed by atoms with E-state index in [1.807, 2.05) is 0 Å². The third-order valence-corrected chi connectivity index (χ3v) is 12.0. The Bertz CT molecular complexity index is 591. The van der Waals surface area contributed by atoms with Gasteiger partial charge in [-0.2, -0.15) is 0 Å². The molecule has 140 valence electrons. The Kier molecular flexibility index (Phi) is 6.59. The van der Waals surface area contributed by atoms with Crippen LogP contribution < -0.4 is 0 Å². The van der Waals surface area contributed by atoms with Crippen molar-refractivity contribution in [1.29, 1.82) is 0 Å². The number of benzene rings is 1. The zero-order valence-corrected chi connectivity index (χ0v) is 18.6. The lowest BCUT2D eigenvalue weighted by atomic mass is 9.85. The molecule has 0 fully saturated rings. The van der Waals surface area contributed by atoms with Crippen molar-refractivity contribution in [1.82, 2.24) is 0 Å². The first kappa shape index (κ1) is 20.3. The number of hydrogen-bond acceptors (Lipinski definition) is 1. The lowest BCUT2D eigenvalue weighted by Crippen LogP contribution is -2.47. The molecule has 2 rings (SSSR count). The Hall–Kier alpha value is -1.02. The summed E-state index contributed by atoms with van der Waals surface area (Å²) < 4.78 is 7.12. The molecule has 1 nitrogen and oxygen atoms in total. The van der Waals surface area contributed by atoms with Crippen LogP contribution in [0.25, 0.3) is 5.76 Å². The Morgan fingerprint density at radius 1 is 1.04 bits per heavy atom. The third kappa shape index (κ3) is 4.05. The molecule has 1 atom stereocenters. The first-order chi connectivity index (χ1) is 11.7. The SMILES string of the molecule is CCCC1C=C(O[Si](C(C)C)(C(C)C)C(C)C)c2cc(C)ccc2C1. The maximum atomic E-state index is 7.12. The molecule has 0 N–H and O–H groups in total. The maximum absolute atomic E-state index is 7.12. The fraction of sp³-hybridized carbons (Fsp3) is 0.652. The summed E-state index contributed by atoms with van der Waals surface area (Å²) in [5, 5.41) is 0. The fourth-order valence-electron chi connectivity index (χ4n) is 4.93. The number of allylic oxidation sites excluding steroid dienone is 1. The number of fused-ring (bicyclic) bond motifs is 1. The van der Waals surface area contributed by atoms with E-state index >= 15 is 0 Å². The zero-order chi connectivity index (χ0) is 18.8. The lowest BCUT2D eigenvalue weighted by molar-refractivity contribution is 0.431. The van der Waals surface area contributed by atoms with Gasteiger partial charge in [-0.1, -0.05) is 72.6 Å². The molecule has 0 heterocycles. The average Bonchev–Trinajstić information content (AvgIpc) is 2.52. The van der Waals surface area contributed by atoms with Crippen LogP contribution in [0, 0.1) is 12.8 Å². The third-order valence-electron chi connectivity index (χ3n) is 6.05. The molecular formula is C23H38OSi. The molecule has 2 heteroatoms. The van der Waals surface area contributed by atoms with E-state index in [0.717, 1.165) is 6.42 Å². The van der Waals surface area contributed by atoms with Gasteiger partial charge in [0, 0.05) is 5.56 Å². The van der Waals surface area contributed by atoms with Gasteiger partial charge in [0.2, 0.25) is 0 Å². The molecule has 0 amide bonds. The van der Waals surface area contributed by atoms with Crippen molar-refractivity contribution in [3.05, 3.63) is 41.0 Å². The molecule has 25 heavy (non-hydrogen) atoms. The predicted molar refractivity (Wildman–Crippen MR) is 113 cm³/mol. The van der Waals surface area contributed by atoms with E-state index in [2.05, 4.69) is 79.7 Å². The standard InChI is InChI=1S/C23H38OSi/c1-9-10-20-14-21-12-11-19(8)13-22(21)23(15-20)24-25(16(2)3,17(4)5)18(6)7/h11-13,15-18,20H,9-10,14H2,1-8H3. The molecule has 1 aromatic rings. The van der Waals surface area contributed by atoms with Crippen LogP contribution in [0.1, 0.15) is 78.0 Å². The Morgan fingerprint density at radius 2 is 1.64 bits per heavy atom. The van der Waals surface area contributed by atoms with E-state index in [4.69, 9.17) is 4.43 Å². The second-order valence-electron chi connectivity index (χ2n) is 8.86. The molecule has 1 aliphatic carbocycles. The van der Waals surface area contributed by atoms with E-state index in [-0.39, 0.29) is 0 Å². The highest BCUT2D eigenvalue weighted by Gasteiger charge is 2.47. The minimum atomic E-state index is -1.92. The maximum Gasteiger partial charge on any atom is 0.258 e. The number of rotatable bonds is 7. The summed E-state index contributed by atoms with van der Waals surface area (Å²) in [6, 6.07) is 6.92. The van der Waals surface area contributed by atoms with Gasteiger partial charge in [-0.05, 0) is 60.0 Å². The van der Waals surface area contributed by atoms with Crippen LogP contribution in [0.2, 0.25) is 16.6 Å². The Labute approximate surface area is 157 Å². The molecule has 0 aromatic heterocycles. The molecule has 1 aliphatic rings. The quantitative estimate of drug-likeness (QED) is 0.458. The molecule has 1 unspecified atom stereocenters. The van der Waals surface area contributed by atoms with Gasteiger partial charge >= 0.3 is 0 Å². The van der Waals surface area contributed by atoms with E-state index in [1.165, 1.54) is 35.3 Å². The summed E-state index contributed by atoms with van der Waals surface area (Å²) >= 11 is 0. The summed E-state index contributed by atoms with van der Waals surface area (Å²) in [5.41, 5.74) is 5.97. The van der Waals surface area contributed by atoms with Crippen molar-refractivity contribution in [2.45, 2.75) is 91.3 Å². The summed E-state index contributed by atoms with van der Waals surface area (Å²) in [5.74, 6) is 1.81. The van der Waals surface area contributed by atoms with Gasteiger partial charge in [-0.25, -0.2) is 0 Å². The molecule has 0 aliphatic heterocycles. The second kappa shape index (κ2) is 8.12. The predicted octanol–water partition coefficient (Wildman–Crippen LogP) is 7.50. The van der Waals surface area contributed by atoms with Crippen LogP contribution >= 0.6 is 0 Å². The van der Waals surface area contributed by atoms with Gasteiger partial charge in [0.25, 0.3) is 8.32 Å². The van der Waals surface area contributed by atoms with E-state index < -0.39 is 8.32 Å². The van der Waals surface area contributed by atoms with Crippen LogP contribution in [0.5, 0.6) is 0 Å². The fourth-order valence-corrected chi connectivity index (χ4v) is 10.2. The zero-order valence-electron chi connectivity index (χ0n) is 17.6. The highest BCUT2D eigenvalue weighted by Crippen LogP contribution is 2.46. The van der Waals surface area contributed by atoms with Crippen molar-refractivity contribution >= 4 is 14.1 Å². The summed E-state index contributed by atoms with van der Waals surface area (Å²) in [7, 11) is -1.92. The van der Waals surface area contributed by atoms with Crippen molar-refractivity contribution in [3.8, 4) is 0 Å². The van der Waals surface area contributed by atoms with Gasteiger partial charge in [0.05, 0.1) is 0 Å². The van der Waals surface area contributed by atoms with Crippen LogP contribution in [0.4, 0.5) is 0 Å². The Morgan fingerprint density at radius 3 is 2.16 bits per heavy atom. The first-order valence-electron chi connectivity index (χ1n) is 10.2. The number of hydrogen-bond donors (Lipinski definition) is 0. The smallest absolute Gasteiger partial charge is 0.258 e.